The molecule has 1 aliphatic heterocycles. The van der Waals surface area contributed by atoms with Crippen molar-refractivity contribution in [3.8, 4) is 11.5 Å². The normalized spacial score (nSPS) is 16.3. The lowest BCUT2D eigenvalue weighted by Gasteiger charge is -2.13. The molecule has 22 heavy (non-hydrogen) atoms. The highest BCUT2D eigenvalue weighted by Crippen LogP contribution is 2.42. The minimum absolute atomic E-state index is 0.191. The number of hydrogen-bond donors (Lipinski definition) is 0. The molecule has 0 N–H and O–H groups in total. The molecule has 3 nitrogen and oxygen atoms in total. The molecular formula is C19H20O3. The first-order valence-electron chi connectivity index (χ1n) is 7.72. The highest BCUT2D eigenvalue weighted by atomic mass is 16.5. The Kier molecular flexibility index (Phi) is 4.14. The van der Waals surface area contributed by atoms with Crippen molar-refractivity contribution in [1.29, 1.82) is 0 Å². The monoisotopic (exact) mass is 296 g/mol. The summed E-state index contributed by atoms with van der Waals surface area (Å²) in [5.41, 5.74) is 3.20. The first-order valence-corrected chi connectivity index (χ1v) is 7.72. The van der Waals surface area contributed by atoms with Gasteiger partial charge in [0.25, 0.3) is 0 Å². The Morgan fingerprint density at radius 1 is 1.14 bits per heavy atom. The Hall–Kier alpha value is -2.29. The Labute approximate surface area is 130 Å². The summed E-state index contributed by atoms with van der Waals surface area (Å²) < 4.78 is 10.7. The van der Waals surface area contributed by atoms with Crippen molar-refractivity contribution in [3.05, 3.63) is 59.2 Å². The van der Waals surface area contributed by atoms with Crippen molar-refractivity contribution < 1.29 is 14.3 Å². The third-order valence-corrected chi connectivity index (χ3v) is 4.14. The smallest absolute Gasteiger partial charge is 0.323 e. The number of ether oxygens (including phenoxy) is 2. The van der Waals surface area contributed by atoms with E-state index in [0.29, 0.717) is 5.75 Å². The van der Waals surface area contributed by atoms with E-state index in [1.807, 2.05) is 36.4 Å². The summed E-state index contributed by atoms with van der Waals surface area (Å²) in [6, 6.07) is 13.6. The van der Waals surface area contributed by atoms with Gasteiger partial charge in [-0.1, -0.05) is 37.6 Å². The van der Waals surface area contributed by atoms with Gasteiger partial charge in [-0.2, -0.15) is 0 Å². The number of unbranched alkanes of at least 4 members (excludes halogenated alkanes) is 1. The van der Waals surface area contributed by atoms with E-state index in [4.69, 9.17) is 9.47 Å². The van der Waals surface area contributed by atoms with E-state index >= 15 is 0 Å². The lowest BCUT2D eigenvalue weighted by molar-refractivity contribution is -0.133. The number of aryl methyl sites for hydroxylation is 1. The van der Waals surface area contributed by atoms with Gasteiger partial charge in [-0.3, -0.25) is 4.79 Å². The summed E-state index contributed by atoms with van der Waals surface area (Å²) in [5.74, 6) is 0.979. The zero-order valence-electron chi connectivity index (χ0n) is 13.0. The quantitative estimate of drug-likeness (QED) is 0.616. The van der Waals surface area contributed by atoms with E-state index in [-0.39, 0.29) is 11.9 Å². The second-order valence-corrected chi connectivity index (χ2v) is 5.56. The molecule has 0 saturated heterocycles. The molecule has 2 aromatic carbocycles. The highest BCUT2D eigenvalue weighted by Gasteiger charge is 2.36. The summed E-state index contributed by atoms with van der Waals surface area (Å²) >= 11 is 0. The molecule has 0 fully saturated rings. The molecule has 0 spiro atoms. The number of benzene rings is 2. The minimum atomic E-state index is -0.325. The van der Waals surface area contributed by atoms with Crippen LogP contribution in [0.2, 0.25) is 0 Å². The maximum atomic E-state index is 12.4. The molecule has 1 heterocycles. The first kappa shape index (κ1) is 14.6. The van der Waals surface area contributed by atoms with Gasteiger partial charge in [-0.25, -0.2) is 0 Å². The second kappa shape index (κ2) is 6.22. The molecule has 0 bridgehead atoms. The predicted octanol–water partition coefficient (Wildman–Crippen LogP) is 4.09. The summed E-state index contributed by atoms with van der Waals surface area (Å²) in [6.45, 7) is 2.17. The van der Waals surface area contributed by atoms with Gasteiger partial charge in [0.05, 0.1) is 7.11 Å². The summed E-state index contributed by atoms with van der Waals surface area (Å²) in [6.07, 6.45) is 3.22. The summed E-state index contributed by atoms with van der Waals surface area (Å²) in [5, 5.41) is 0. The van der Waals surface area contributed by atoms with Gasteiger partial charge in [0.2, 0.25) is 0 Å². The second-order valence-electron chi connectivity index (χ2n) is 5.56. The van der Waals surface area contributed by atoms with E-state index < -0.39 is 0 Å². The van der Waals surface area contributed by atoms with Gasteiger partial charge >= 0.3 is 5.97 Å². The van der Waals surface area contributed by atoms with Crippen molar-refractivity contribution in [2.24, 2.45) is 0 Å². The standard InChI is InChI=1S/C19H20O3/c1-3-4-6-13-7-5-8-16-17(13)18(19(20)22-16)14-9-11-15(21-2)12-10-14/h5,7-12,18H,3-4,6H2,1-2H3. The van der Waals surface area contributed by atoms with Gasteiger partial charge in [-0.05, 0) is 42.2 Å². The first-order chi connectivity index (χ1) is 10.7. The predicted molar refractivity (Wildman–Crippen MR) is 85.5 cm³/mol. The van der Waals surface area contributed by atoms with Crippen LogP contribution in [0.4, 0.5) is 0 Å². The van der Waals surface area contributed by atoms with Crippen molar-refractivity contribution in [2.75, 3.05) is 7.11 Å². The zero-order chi connectivity index (χ0) is 15.5. The topological polar surface area (TPSA) is 35.5 Å². The van der Waals surface area contributed by atoms with Crippen molar-refractivity contribution >= 4 is 5.97 Å². The number of carbonyl (C=O) groups excluding carboxylic acids is 1. The Morgan fingerprint density at radius 2 is 1.91 bits per heavy atom. The number of fused-ring (bicyclic) bond motifs is 1. The average molecular weight is 296 g/mol. The third kappa shape index (κ3) is 2.59. The van der Waals surface area contributed by atoms with Gasteiger partial charge < -0.3 is 9.47 Å². The molecular weight excluding hydrogens is 276 g/mol. The van der Waals surface area contributed by atoms with Crippen LogP contribution < -0.4 is 9.47 Å². The van der Waals surface area contributed by atoms with Crippen LogP contribution >= 0.6 is 0 Å². The molecule has 114 valence electrons. The van der Waals surface area contributed by atoms with Crippen LogP contribution in [0.25, 0.3) is 0 Å². The lowest BCUT2D eigenvalue weighted by Crippen LogP contribution is -2.12. The van der Waals surface area contributed by atoms with E-state index in [2.05, 4.69) is 13.0 Å². The van der Waals surface area contributed by atoms with Crippen molar-refractivity contribution in [2.45, 2.75) is 32.1 Å². The van der Waals surface area contributed by atoms with Gasteiger partial charge in [-0.15, -0.1) is 0 Å². The molecule has 1 atom stereocenters. The number of rotatable bonds is 5. The molecule has 0 saturated carbocycles. The van der Waals surface area contributed by atoms with Gasteiger partial charge in [0.1, 0.15) is 17.4 Å². The van der Waals surface area contributed by atoms with Crippen LogP contribution in [-0.4, -0.2) is 13.1 Å². The van der Waals surface area contributed by atoms with E-state index in [1.165, 1.54) is 5.56 Å². The molecule has 1 unspecified atom stereocenters. The Bertz CT molecular complexity index is 674. The average Bonchev–Trinajstić information content (AvgIpc) is 2.89. The molecule has 0 amide bonds. The van der Waals surface area contributed by atoms with Crippen LogP contribution in [0.5, 0.6) is 11.5 Å². The molecule has 1 aliphatic rings. The van der Waals surface area contributed by atoms with Gasteiger partial charge in [0.15, 0.2) is 0 Å². The lowest BCUT2D eigenvalue weighted by atomic mass is 9.87. The van der Waals surface area contributed by atoms with Crippen LogP contribution in [0.1, 0.15) is 42.4 Å². The number of methoxy groups -OCH3 is 1. The Morgan fingerprint density at radius 3 is 2.59 bits per heavy atom. The third-order valence-electron chi connectivity index (χ3n) is 4.14. The van der Waals surface area contributed by atoms with Crippen molar-refractivity contribution in [1.82, 2.24) is 0 Å². The SMILES string of the molecule is CCCCc1cccc2c1C(c1ccc(OC)cc1)C(=O)O2. The number of carbonyl (C=O) groups is 1. The number of hydrogen-bond acceptors (Lipinski definition) is 3. The van der Waals surface area contributed by atoms with Crippen LogP contribution in [0, 0.1) is 0 Å². The molecule has 0 radical (unpaired) electrons. The highest BCUT2D eigenvalue weighted by molar-refractivity contribution is 5.90. The fourth-order valence-corrected chi connectivity index (χ4v) is 2.98. The summed E-state index contributed by atoms with van der Waals surface area (Å²) in [4.78, 5) is 12.4. The molecule has 3 heteroatoms. The van der Waals surface area contributed by atoms with E-state index in [9.17, 15) is 4.79 Å². The molecule has 0 aliphatic carbocycles. The van der Waals surface area contributed by atoms with E-state index in [1.54, 1.807) is 7.11 Å². The maximum Gasteiger partial charge on any atom is 0.323 e. The molecule has 2 aromatic rings. The fourth-order valence-electron chi connectivity index (χ4n) is 2.98. The fraction of sp³-hybridized carbons (Fsp3) is 0.316. The Balaban J connectivity index is 2.01. The largest absolute Gasteiger partial charge is 0.497 e. The molecule has 0 aromatic heterocycles. The maximum absolute atomic E-state index is 12.4. The van der Waals surface area contributed by atoms with Crippen LogP contribution in [-0.2, 0) is 11.2 Å². The van der Waals surface area contributed by atoms with Gasteiger partial charge in [0, 0.05) is 5.56 Å². The van der Waals surface area contributed by atoms with Crippen LogP contribution in [0.3, 0.4) is 0 Å². The zero-order valence-corrected chi connectivity index (χ0v) is 13.0. The van der Waals surface area contributed by atoms with E-state index in [0.717, 1.165) is 36.1 Å². The summed E-state index contributed by atoms with van der Waals surface area (Å²) in [7, 11) is 1.64. The molecule has 3 rings (SSSR count). The minimum Gasteiger partial charge on any atom is -0.497 e. The van der Waals surface area contributed by atoms with Crippen LogP contribution in [0.15, 0.2) is 42.5 Å². The van der Waals surface area contributed by atoms with Crippen molar-refractivity contribution in [3.63, 3.8) is 0 Å². The number of esters is 1.